The quantitative estimate of drug-likeness (QED) is 0.930. The number of fused-ring (bicyclic) bond motifs is 2. The molecule has 3 heterocycles. The van der Waals surface area contributed by atoms with E-state index >= 15 is 0 Å². The molecule has 1 amide bonds. The van der Waals surface area contributed by atoms with Gasteiger partial charge < -0.3 is 5.32 Å². The number of carbonyl (C=O) groups excluding carboxylic acids is 1. The zero-order valence-electron chi connectivity index (χ0n) is 14.9. The van der Waals surface area contributed by atoms with E-state index in [1.54, 1.807) is 6.20 Å². The van der Waals surface area contributed by atoms with Crippen molar-refractivity contribution in [2.45, 2.75) is 50.2 Å². The molecule has 130 valence electrons. The van der Waals surface area contributed by atoms with Crippen LogP contribution in [-0.4, -0.2) is 34.4 Å². The van der Waals surface area contributed by atoms with Crippen LogP contribution in [0.4, 0.5) is 0 Å². The molecule has 2 bridgehead atoms. The van der Waals surface area contributed by atoms with Crippen molar-refractivity contribution in [3.63, 3.8) is 0 Å². The largest absolute Gasteiger partial charge is 0.343 e. The Kier molecular flexibility index (Phi) is 4.08. The summed E-state index contributed by atoms with van der Waals surface area (Å²) < 4.78 is 0. The fourth-order valence-corrected chi connectivity index (χ4v) is 4.80. The Morgan fingerprint density at radius 1 is 1.20 bits per heavy atom. The number of aromatic nitrogens is 1. The number of aryl methyl sites for hydroxylation is 1. The van der Waals surface area contributed by atoms with Gasteiger partial charge in [-0.05, 0) is 57.4 Å². The number of nitrogens with one attached hydrogen (secondary N) is 1. The van der Waals surface area contributed by atoms with E-state index in [-0.39, 0.29) is 17.5 Å². The zero-order valence-corrected chi connectivity index (χ0v) is 14.9. The van der Waals surface area contributed by atoms with Crippen LogP contribution in [0.15, 0.2) is 48.7 Å². The van der Waals surface area contributed by atoms with Gasteiger partial charge in [0.1, 0.15) is 0 Å². The fourth-order valence-electron chi connectivity index (χ4n) is 4.80. The first-order chi connectivity index (χ1) is 12.1. The lowest BCUT2D eigenvalue weighted by Gasteiger charge is -2.41. The molecule has 1 N–H and O–H groups in total. The molecule has 4 heteroatoms. The fraction of sp³-hybridized carbons (Fsp3) is 0.429. The summed E-state index contributed by atoms with van der Waals surface area (Å²) in [7, 11) is 2.22. The van der Waals surface area contributed by atoms with Gasteiger partial charge in [0.25, 0.3) is 5.91 Å². The number of benzene rings is 1. The van der Waals surface area contributed by atoms with Crippen molar-refractivity contribution in [3.05, 3.63) is 65.5 Å². The van der Waals surface area contributed by atoms with E-state index in [4.69, 9.17) is 0 Å². The highest BCUT2D eigenvalue weighted by Crippen LogP contribution is 2.51. The molecule has 0 saturated carbocycles. The van der Waals surface area contributed by atoms with E-state index in [1.165, 1.54) is 18.4 Å². The molecule has 4 nitrogen and oxygen atoms in total. The van der Waals surface area contributed by atoms with Gasteiger partial charge in [0.05, 0.1) is 11.6 Å². The van der Waals surface area contributed by atoms with Crippen LogP contribution in [0.2, 0.25) is 0 Å². The first-order valence-corrected chi connectivity index (χ1v) is 9.12. The Bertz CT molecular complexity index is 766. The third kappa shape index (κ3) is 2.65. The Morgan fingerprint density at radius 3 is 2.52 bits per heavy atom. The molecule has 0 radical (unpaired) electrons. The van der Waals surface area contributed by atoms with Crippen molar-refractivity contribution in [2.24, 2.45) is 0 Å². The number of rotatable bonds is 4. The highest BCUT2D eigenvalue weighted by Gasteiger charge is 2.54. The van der Waals surface area contributed by atoms with Crippen molar-refractivity contribution >= 4 is 5.91 Å². The first kappa shape index (κ1) is 16.3. The summed E-state index contributed by atoms with van der Waals surface area (Å²) in [6, 6.07) is 14.7. The highest BCUT2D eigenvalue weighted by molar-refractivity contribution is 5.95. The van der Waals surface area contributed by atoms with Crippen molar-refractivity contribution in [2.75, 3.05) is 7.05 Å². The maximum absolute atomic E-state index is 13.0. The van der Waals surface area contributed by atoms with E-state index in [0.29, 0.717) is 11.6 Å². The molecule has 1 aromatic carbocycles. The summed E-state index contributed by atoms with van der Waals surface area (Å²) in [5.74, 6) is -0.0300. The Hall–Kier alpha value is -2.20. The van der Waals surface area contributed by atoms with E-state index < -0.39 is 0 Å². The predicted octanol–water partition coefficient (Wildman–Crippen LogP) is 3.49. The molecule has 25 heavy (non-hydrogen) atoms. The number of likely N-dealkylation sites (N-methyl/N-ethyl adjacent to an activating group) is 1. The average Bonchev–Trinajstić information content (AvgIpc) is 3.13. The summed E-state index contributed by atoms with van der Waals surface area (Å²) >= 11 is 0. The summed E-state index contributed by atoms with van der Waals surface area (Å²) in [4.78, 5) is 19.8. The highest BCUT2D eigenvalue weighted by atomic mass is 16.1. The number of hydrogen-bond donors (Lipinski definition) is 1. The molecule has 0 aliphatic carbocycles. The Balaban J connectivity index is 1.70. The lowest BCUT2D eigenvalue weighted by atomic mass is 9.78. The van der Waals surface area contributed by atoms with Crippen LogP contribution in [0.1, 0.15) is 53.3 Å². The van der Waals surface area contributed by atoms with Gasteiger partial charge in [-0.3, -0.25) is 14.7 Å². The first-order valence-electron chi connectivity index (χ1n) is 9.12. The molecular formula is C21H25N3O. The normalized spacial score (nSPS) is 26.6. The van der Waals surface area contributed by atoms with Gasteiger partial charge in [0.2, 0.25) is 0 Å². The second kappa shape index (κ2) is 6.26. The van der Waals surface area contributed by atoms with Crippen molar-refractivity contribution in [1.82, 2.24) is 15.2 Å². The molecule has 2 aliphatic rings. The predicted molar refractivity (Wildman–Crippen MR) is 98.4 cm³/mol. The van der Waals surface area contributed by atoms with E-state index in [1.807, 2.05) is 25.1 Å². The average molecular weight is 335 g/mol. The third-order valence-corrected chi connectivity index (χ3v) is 6.27. The second-order valence-electron chi connectivity index (χ2n) is 7.40. The number of amides is 1. The molecule has 4 rings (SSSR count). The molecule has 0 spiro atoms. The van der Waals surface area contributed by atoms with Gasteiger partial charge in [-0.15, -0.1) is 0 Å². The van der Waals surface area contributed by atoms with E-state index in [9.17, 15) is 4.79 Å². The standard InChI is InChI=1S/C21H25N3O/c1-15-18(9-6-14-22-15)20(25)23-19(16-7-4-3-5-8-16)21-12-10-17(11-13-21)24(21)2/h3-9,14,17,19H,10-13H2,1-2H3,(H,23,25). The molecule has 2 saturated heterocycles. The summed E-state index contributed by atoms with van der Waals surface area (Å²) in [5.41, 5.74) is 2.65. The molecule has 1 atom stereocenters. The second-order valence-corrected chi connectivity index (χ2v) is 7.40. The monoisotopic (exact) mass is 335 g/mol. The van der Waals surface area contributed by atoms with Gasteiger partial charge in [-0.25, -0.2) is 0 Å². The van der Waals surface area contributed by atoms with E-state index in [0.717, 1.165) is 18.5 Å². The van der Waals surface area contributed by atoms with Crippen LogP contribution in [0, 0.1) is 6.92 Å². The van der Waals surface area contributed by atoms with E-state index in [2.05, 4.69) is 46.5 Å². The smallest absolute Gasteiger partial charge is 0.253 e. The number of carbonyl (C=O) groups is 1. The van der Waals surface area contributed by atoms with Gasteiger partial charge in [-0.1, -0.05) is 30.3 Å². The Morgan fingerprint density at radius 2 is 1.92 bits per heavy atom. The van der Waals surface area contributed by atoms with Crippen LogP contribution in [0.5, 0.6) is 0 Å². The van der Waals surface area contributed by atoms with Crippen LogP contribution in [-0.2, 0) is 0 Å². The van der Waals surface area contributed by atoms with Gasteiger partial charge in [0.15, 0.2) is 0 Å². The topological polar surface area (TPSA) is 45.2 Å². The Labute approximate surface area is 149 Å². The molecule has 1 unspecified atom stereocenters. The van der Waals surface area contributed by atoms with Gasteiger partial charge >= 0.3 is 0 Å². The van der Waals surface area contributed by atoms with Crippen molar-refractivity contribution in [1.29, 1.82) is 0 Å². The number of nitrogens with zero attached hydrogens (tertiary/aromatic N) is 2. The van der Waals surface area contributed by atoms with Crippen molar-refractivity contribution in [3.8, 4) is 0 Å². The van der Waals surface area contributed by atoms with Crippen molar-refractivity contribution < 1.29 is 4.79 Å². The lowest BCUT2D eigenvalue weighted by molar-refractivity contribution is 0.0837. The lowest BCUT2D eigenvalue weighted by Crippen LogP contribution is -2.51. The summed E-state index contributed by atoms with van der Waals surface area (Å²) in [6.07, 6.45) is 6.45. The minimum absolute atomic E-state index is 0.00157. The van der Waals surface area contributed by atoms with Crippen LogP contribution < -0.4 is 5.32 Å². The van der Waals surface area contributed by atoms with Gasteiger partial charge in [0, 0.05) is 23.5 Å². The number of hydrogen-bond acceptors (Lipinski definition) is 3. The maximum Gasteiger partial charge on any atom is 0.253 e. The summed E-state index contributed by atoms with van der Waals surface area (Å²) in [6.45, 7) is 1.89. The minimum atomic E-state index is -0.0300. The molecule has 2 fully saturated rings. The maximum atomic E-state index is 13.0. The van der Waals surface area contributed by atoms with Crippen LogP contribution >= 0.6 is 0 Å². The zero-order chi connectivity index (χ0) is 17.4. The van der Waals surface area contributed by atoms with Gasteiger partial charge in [-0.2, -0.15) is 0 Å². The molecule has 2 aromatic rings. The molecular weight excluding hydrogens is 310 g/mol. The minimum Gasteiger partial charge on any atom is -0.343 e. The third-order valence-electron chi connectivity index (χ3n) is 6.27. The molecule has 2 aliphatic heterocycles. The number of pyridine rings is 1. The SMILES string of the molecule is Cc1ncccc1C(=O)NC(c1ccccc1)C12CCC(CC1)N2C. The van der Waals surface area contributed by atoms with Crippen LogP contribution in [0.25, 0.3) is 0 Å². The summed E-state index contributed by atoms with van der Waals surface area (Å²) in [5, 5.41) is 3.36. The van der Waals surface area contributed by atoms with Crippen LogP contribution in [0.3, 0.4) is 0 Å². The molecule has 1 aromatic heterocycles.